The number of ether oxygens (including phenoxy) is 1. The Balaban J connectivity index is 1.69. The summed E-state index contributed by atoms with van der Waals surface area (Å²) in [6, 6.07) is 8.56. The molecule has 2 aromatic rings. The van der Waals surface area contributed by atoms with E-state index in [-0.39, 0.29) is 45.8 Å². The number of rotatable bonds is 12. The third-order valence-corrected chi connectivity index (χ3v) is 7.48. The van der Waals surface area contributed by atoms with E-state index < -0.39 is 34.5 Å². The van der Waals surface area contributed by atoms with Gasteiger partial charge in [0, 0.05) is 17.5 Å². The molecule has 0 atom stereocenters. The van der Waals surface area contributed by atoms with Crippen LogP contribution < -0.4 is 5.32 Å². The van der Waals surface area contributed by atoms with Crippen LogP contribution in [0.15, 0.2) is 46.2 Å². The molecule has 1 fully saturated rings. The number of benzene rings is 2. The van der Waals surface area contributed by atoms with Crippen LogP contribution in [0.2, 0.25) is 5.02 Å². The van der Waals surface area contributed by atoms with Crippen LogP contribution in [0.1, 0.15) is 35.7 Å². The first-order chi connectivity index (χ1) is 18.6. The molecule has 1 aliphatic rings. The van der Waals surface area contributed by atoms with Gasteiger partial charge in [0.1, 0.15) is 6.54 Å². The molecule has 11 nitrogen and oxygen atoms in total. The van der Waals surface area contributed by atoms with Gasteiger partial charge in [-0.25, -0.2) is 4.79 Å². The second-order valence-electron chi connectivity index (χ2n) is 8.06. The lowest BCUT2D eigenvalue weighted by molar-refractivity contribution is -0.387. The van der Waals surface area contributed by atoms with Crippen LogP contribution in [0.4, 0.5) is 16.2 Å². The monoisotopic (exact) mass is 593 g/mol. The zero-order chi connectivity index (χ0) is 28.5. The molecule has 0 saturated carbocycles. The summed E-state index contributed by atoms with van der Waals surface area (Å²) in [6.07, 6.45) is 2.88. The first kappa shape index (κ1) is 30.2. The lowest BCUT2D eigenvalue weighted by atomic mass is 10.2. The van der Waals surface area contributed by atoms with Gasteiger partial charge in [0.25, 0.3) is 16.8 Å². The molecule has 0 aromatic heterocycles. The van der Waals surface area contributed by atoms with E-state index in [4.69, 9.17) is 21.4 Å². The molecule has 0 spiro atoms. The fraction of sp³-hybridized carbons (Fsp3) is 0.280. The van der Waals surface area contributed by atoms with Crippen molar-refractivity contribution >= 4 is 75.6 Å². The van der Waals surface area contributed by atoms with Crippen molar-refractivity contribution in [3.05, 3.63) is 67.6 Å². The third-order valence-electron chi connectivity index (χ3n) is 5.20. The number of aliphatic hydroxyl groups is 1. The van der Waals surface area contributed by atoms with Gasteiger partial charge in [-0.3, -0.25) is 29.4 Å². The second-order valence-corrected chi connectivity index (χ2v) is 10.6. The Kier molecular flexibility index (Phi) is 10.9. The number of anilines is 1. The molecular weight excluding hydrogens is 570 g/mol. The van der Waals surface area contributed by atoms with E-state index in [0.717, 1.165) is 23.1 Å². The van der Waals surface area contributed by atoms with Gasteiger partial charge in [-0.1, -0.05) is 31.0 Å². The lowest BCUT2D eigenvalue weighted by Gasteiger charge is -2.13. The Morgan fingerprint density at radius 1 is 1.26 bits per heavy atom. The smallest absolute Gasteiger partial charge is 0.339 e. The average Bonchev–Trinajstić information content (AvgIpc) is 3.16. The zero-order valence-electron chi connectivity index (χ0n) is 20.7. The number of carbonyl (C=O) groups excluding carboxylic acids is 4. The van der Waals surface area contributed by atoms with Crippen molar-refractivity contribution in [1.29, 1.82) is 0 Å². The molecule has 0 radical (unpaired) electrons. The lowest BCUT2D eigenvalue weighted by Crippen LogP contribution is -2.36. The number of thioether (sulfide) groups is 2. The molecule has 39 heavy (non-hydrogen) atoms. The number of amides is 3. The maximum absolute atomic E-state index is 12.8. The standard InChI is InChI=1S/C25H24ClN3O8S2/c1-2-3-9-37-24(33)17-13-16(5-6-18(17)26)27-22(31)14-28-23(32)21(39-25(28)34)12-15-4-7-20(38-10-8-30)19(11-15)29(35)36/h4-7,11-13,30H,2-3,8-10,14H2,1H3,(H,27,31). The minimum Gasteiger partial charge on any atom is -0.462 e. The number of unbranched alkanes of at least 4 members (excludes halogenated alkanes) is 1. The van der Waals surface area contributed by atoms with Crippen molar-refractivity contribution in [2.45, 2.75) is 24.7 Å². The molecule has 0 bridgehead atoms. The van der Waals surface area contributed by atoms with Crippen LogP contribution in [0, 0.1) is 10.1 Å². The summed E-state index contributed by atoms with van der Waals surface area (Å²) in [5, 5.41) is 22.4. The normalized spacial score (nSPS) is 14.1. The average molecular weight is 594 g/mol. The number of hydrogen-bond donors (Lipinski definition) is 2. The molecule has 0 unspecified atom stereocenters. The number of esters is 1. The number of halogens is 1. The summed E-state index contributed by atoms with van der Waals surface area (Å²) < 4.78 is 5.16. The molecule has 2 aromatic carbocycles. The highest BCUT2D eigenvalue weighted by Gasteiger charge is 2.36. The summed E-state index contributed by atoms with van der Waals surface area (Å²) in [5.41, 5.74) is 0.414. The van der Waals surface area contributed by atoms with Gasteiger partial charge in [-0.15, -0.1) is 11.8 Å². The van der Waals surface area contributed by atoms with E-state index in [0.29, 0.717) is 28.6 Å². The first-order valence-corrected chi connectivity index (χ1v) is 13.9. The number of carbonyl (C=O) groups is 4. The molecular formula is C25H24ClN3O8S2. The SMILES string of the molecule is CCCCOC(=O)c1cc(NC(=O)CN2C(=O)SC(=Cc3ccc(SCCO)c([N+](=O)[O-])c3)C2=O)ccc1Cl. The molecule has 1 aliphatic heterocycles. The van der Waals surface area contributed by atoms with Crippen molar-refractivity contribution in [2.75, 3.05) is 30.8 Å². The Labute approximate surface area is 237 Å². The van der Waals surface area contributed by atoms with Crippen LogP contribution in [0.3, 0.4) is 0 Å². The molecule has 3 rings (SSSR count). The molecule has 3 amide bonds. The maximum atomic E-state index is 12.8. The maximum Gasteiger partial charge on any atom is 0.339 e. The quantitative estimate of drug-likeness (QED) is 0.0860. The van der Waals surface area contributed by atoms with Gasteiger partial charge < -0.3 is 15.2 Å². The highest BCUT2D eigenvalue weighted by Crippen LogP contribution is 2.35. The van der Waals surface area contributed by atoms with Gasteiger partial charge in [-0.05, 0) is 54.1 Å². The number of aliphatic hydroxyl groups excluding tert-OH is 1. The Morgan fingerprint density at radius 2 is 2.03 bits per heavy atom. The van der Waals surface area contributed by atoms with E-state index in [1.807, 2.05) is 6.92 Å². The van der Waals surface area contributed by atoms with Crippen molar-refractivity contribution in [2.24, 2.45) is 0 Å². The highest BCUT2D eigenvalue weighted by molar-refractivity contribution is 8.18. The van der Waals surface area contributed by atoms with Crippen LogP contribution in [0.25, 0.3) is 6.08 Å². The molecule has 1 saturated heterocycles. The van der Waals surface area contributed by atoms with Crippen molar-refractivity contribution in [3.63, 3.8) is 0 Å². The topological polar surface area (TPSA) is 156 Å². The third kappa shape index (κ3) is 8.05. The second kappa shape index (κ2) is 14.1. The minimum atomic E-state index is -0.724. The summed E-state index contributed by atoms with van der Waals surface area (Å²) >= 11 is 7.81. The van der Waals surface area contributed by atoms with Gasteiger partial charge in [0.15, 0.2) is 0 Å². The summed E-state index contributed by atoms with van der Waals surface area (Å²) in [7, 11) is 0. The van der Waals surface area contributed by atoms with Crippen LogP contribution in [0.5, 0.6) is 0 Å². The van der Waals surface area contributed by atoms with E-state index in [9.17, 15) is 29.3 Å². The van der Waals surface area contributed by atoms with Crippen molar-refractivity contribution in [1.82, 2.24) is 4.90 Å². The van der Waals surface area contributed by atoms with E-state index >= 15 is 0 Å². The number of nitro groups is 1. The van der Waals surface area contributed by atoms with E-state index in [1.165, 1.54) is 36.4 Å². The number of nitro benzene ring substituents is 1. The number of nitrogens with zero attached hydrogens (tertiary/aromatic N) is 2. The predicted molar refractivity (Wildman–Crippen MR) is 149 cm³/mol. The largest absolute Gasteiger partial charge is 0.462 e. The summed E-state index contributed by atoms with van der Waals surface area (Å²) in [4.78, 5) is 62.2. The Morgan fingerprint density at radius 3 is 2.72 bits per heavy atom. The number of hydrogen-bond acceptors (Lipinski definition) is 10. The fourth-order valence-electron chi connectivity index (χ4n) is 3.32. The number of nitrogens with one attached hydrogen (secondary N) is 1. The van der Waals surface area contributed by atoms with E-state index in [2.05, 4.69) is 5.32 Å². The first-order valence-electron chi connectivity index (χ1n) is 11.7. The van der Waals surface area contributed by atoms with Gasteiger partial charge >= 0.3 is 5.97 Å². The van der Waals surface area contributed by atoms with Gasteiger partial charge in [0.2, 0.25) is 5.91 Å². The van der Waals surface area contributed by atoms with Crippen LogP contribution >= 0.6 is 35.1 Å². The van der Waals surface area contributed by atoms with Crippen LogP contribution in [-0.2, 0) is 14.3 Å². The Hall–Kier alpha value is -3.39. The van der Waals surface area contributed by atoms with E-state index in [1.54, 1.807) is 6.07 Å². The molecule has 14 heteroatoms. The number of imide groups is 1. The van der Waals surface area contributed by atoms with Crippen molar-refractivity contribution < 1.29 is 33.9 Å². The van der Waals surface area contributed by atoms with Crippen LogP contribution in [-0.4, -0.2) is 63.5 Å². The summed E-state index contributed by atoms with van der Waals surface area (Å²) in [5.74, 6) is -1.77. The van der Waals surface area contributed by atoms with Gasteiger partial charge in [0.05, 0.1) is 38.5 Å². The predicted octanol–water partition coefficient (Wildman–Crippen LogP) is 4.96. The molecule has 2 N–H and O–H groups in total. The van der Waals surface area contributed by atoms with Gasteiger partial charge in [-0.2, -0.15) is 0 Å². The molecule has 0 aliphatic carbocycles. The fourth-order valence-corrected chi connectivity index (χ4v) is 5.11. The molecule has 1 heterocycles. The highest BCUT2D eigenvalue weighted by atomic mass is 35.5. The summed E-state index contributed by atoms with van der Waals surface area (Å²) in [6.45, 7) is 1.45. The minimum absolute atomic E-state index is 0.00135. The molecule has 206 valence electrons. The van der Waals surface area contributed by atoms with Crippen molar-refractivity contribution in [3.8, 4) is 0 Å². The Bertz CT molecular complexity index is 1330. The zero-order valence-corrected chi connectivity index (χ0v) is 23.1.